The molecule has 1 aliphatic heterocycles. The van der Waals surface area contributed by atoms with Crippen LogP contribution in [0.5, 0.6) is 0 Å². The Morgan fingerprint density at radius 2 is 2.23 bits per heavy atom. The zero-order valence-electron chi connectivity index (χ0n) is 17.5. The highest BCUT2D eigenvalue weighted by Gasteiger charge is 2.27. The van der Waals surface area contributed by atoms with Crippen LogP contribution in [0, 0.1) is 0 Å². The van der Waals surface area contributed by atoms with Crippen molar-refractivity contribution in [1.82, 2.24) is 24.8 Å². The molecule has 158 valence electrons. The highest BCUT2D eigenvalue weighted by atomic mass is 16.3. The number of carbonyl (C=O) groups excluding carboxylic acids is 1. The van der Waals surface area contributed by atoms with E-state index in [0.717, 1.165) is 43.1 Å². The van der Waals surface area contributed by atoms with Crippen molar-refractivity contribution in [1.29, 1.82) is 0 Å². The summed E-state index contributed by atoms with van der Waals surface area (Å²) >= 11 is 0. The Bertz CT molecular complexity index is 952. The molecule has 8 heteroatoms. The summed E-state index contributed by atoms with van der Waals surface area (Å²) in [5, 5.41) is 2.96. The molecule has 1 N–H and O–H groups in total. The number of nitrogens with one attached hydrogen (secondary N) is 1. The van der Waals surface area contributed by atoms with E-state index in [0.29, 0.717) is 18.9 Å². The first-order valence-corrected chi connectivity index (χ1v) is 10.5. The number of hydrogen-bond donors (Lipinski definition) is 1. The second-order valence-corrected chi connectivity index (χ2v) is 7.98. The van der Waals surface area contributed by atoms with Gasteiger partial charge in [-0.3, -0.25) is 9.36 Å². The van der Waals surface area contributed by atoms with Gasteiger partial charge in [-0.2, -0.15) is 4.98 Å². The molecule has 1 atom stereocenters. The number of anilines is 1. The van der Waals surface area contributed by atoms with E-state index in [-0.39, 0.29) is 17.9 Å². The maximum absolute atomic E-state index is 12.6. The lowest BCUT2D eigenvalue weighted by atomic mass is 9.98. The van der Waals surface area contributed by atoms with Crippen LogP contribution >= 0.6 is 0 Å². The van der Waals surface area contributed by atoms with E-state index in [2.05, 4.69) is 35.1 Å². The van der Waals surface area contributed by atoms with Crippen LogP contribution in [0.4, 0.5) is 5.82 Å². The minimum Gasteiger partial charge on any atom is -0.467 e. The second-order valence-electron chi connectivity index (χ2n) is 7.98. The maximum atomic E-state index is 12.6. The molecular formula is C22H28N6O2. The summed E-state index contributed by atoms with van der Waals surface area (Å²) in [5.74, 6) is 2.54. The third-order valence-electron chi connectivity index (χ3n) is 5.43. The molecule has 3 aromatic heterocycles. The normalized spacial score (nSPS) is 16.8. The Labute approximate surface area is 176 Å². The van der Waals surface area contributed by atoms with Gasteiger partial charge in [-0.15, -0.1) is 0 Å². The van der Waals surface area contributed by atoms with Crippen molar-refractivity contribution in [3.05, 3.63) is 54.6 Å². The summed E-state index contributed by atoms with van der Waals surface area (Å²) in [5.41, 5.74) is 0.982. The van der Waals surface area contributed by atoms with Crippen LogP contribution in [0.25, 0.3) is 5.95 Å². The van der Waals surface area contributed by atoms with Crippen molar-refractivity contribution >= 4 is 11.7 Å². The number of amides is 1. The van der Waals surface area contributed by atoms with Crippen LogP contribution < -0.4 is 10.2 Å². The third kappa shape index (κ3) is 4.69. The SMILES string of the molecule is CC(C)c1cc(N2CCCCC2CC(=O)NCc2ccco2)nc(-n2ccnc2)n1. The quantitative estimate of drug-likeness (QED) is 0.644. The number of hydrogen-bond acceptors (Lipinski definition) is 6. The van der Waals surface area contributed by atoms with Crippen molar-refractivity contribution < 1.29 is 9.21 Å². The molecule has 4 rings (SSSR count). The largest absolute Gasteiger partial charge is 0.467 e. The number of nitrogens with zero attached hydrogens (tertiary/aromatic N) is 5. The summed E-state index contributed by atoms with van der Waals surface area (Å²) in [7, 11) is 0. The maximum Gasteiger partial charge on any atom is 0.237 e. The summed E-state index contributed by atoms with van der Waals surface area (Å²) < 4.78 is 7.12. The first-order valence-electron chi connectivity index (χ1n) is 10.5. The van der Waals surface area contributed by atoms with Gasteiger partial charge < -0.3 is 14.6 Å². The average molecular weight is 409 g/mol. The third-order valence-corrected chi connectivity index (χ3v) is 5.43. The van der Waals surface area contributed by atoms with E-state index in [4.69, 9.17) is 14.4 Å². The molecule has 0 bridgehead atoms. The summed E-state index contributed by atoms with van der Waals surface area (Å²) in [6.07, 6.45) is 10.5. The molecule has 3 aromatic rings. The van der Waals surface area contributed by atoms with Crippen LogP contribution in [0.1, 0.15) is 56.9 Å². The second kappa shape index (κ2) is 9.11. The van der Waals surface area contributed by atoms with Gasteiger partial charge in [0.1, 0.15) is 17.9 Å². The highest BCUT2D eigenvalue weighted by Crippen LogP contribution is 2.28. The van der Waals surface area contributed by atoms with E-state index in [9.17, 15) is 4.79 Å². The van der Waals surface area contributed by atoms with E-state index in [1.807, 2.05) is 22.9 Å². The molecule has 4 heterocycles. The summed E-state index contributed by atoms with van der Waals surface area (Å²) in [6, 6.07) is 5.85. The van der Waals surface area contributed by atoms with E-state index in [1.165, 1.54) is 0 Å². The molecule has 1 saturated heterocycles. The molecule has 0 saturated carbocycles. The zero-order valence-corrected chi connectivity index (χ0v) is 17.5. The molecule has 8 nitrogen and oxygen atoms in total. The van der Waals surface area contributed by atoms with E-state index < -0.39 is 0 Å². The fourth-order valence-corrected chi connectivity index (χ4v) is 3.77. The van der Waals surface area contributed by atoms with Gasteiger partial charge in [-0.25, -0.2) is 9.97 Å². The first-order chi connectivity index (χ1) is 14.6. The smallest absolute Gasteiger partial charge is 0.237 e. The van der Waals surface area contributed by atoms with Gasteiger partial charge in [-0.1, -0.05) is 13.8 Å². The lowest BCUT2D eigenvalue weighted by molar-refractivity contribution is -0.121. The number of furan rings is 1. The lowest BCUT2D eigenvalue weighted by Gasteiger charge is -2.36. The van der Waals surface area contributed by atoms with Crippen molar-refractivity contribution in [3.63, 3.8) is 0 Å². The number of piperidine rings is 1. The van der Waals surface area contributed by atoms with Gasteiger partial charge in [0.05, 0.1) is 18.5 Å². The predicted octanol–water partition coefficient (Wildman–Crippen LogP) is 3.44. The number of rotatable bonds is 7. The van der Waals surface area contributed by atoms with Crippen LogP contribution in [-0.2, 0) is 11.3 Å². The predicted molar refractivity (Wildman–Crippen MR) is 113 cm³/mol. The average Bonchev–Trinajstić information content (AvgIpc) is 3.46. The van der Waals surface area contributed by atoms with Crippen molar-refractivity contribution in [2.24, 2.45) is 0 Å². The lowest BCUT2D eigenvalue weighted by Crippen LogP contribution is -2.43. The standard InChI is InChI=1S/C22H28N6O2/c1-16(2)19-13-20(26-22(25-19)27-10-8-23-15-27)28-9-4-3-6-17(28)12-21(29)24-14-18-7-5-11-30-18/h5,7-8,10-11,13,15-17H,3-4,6,9,12,14H2,1-2H3,(H,24,29). The number of imidazole rings is 1. The minimum atomic E-state index is 0.0243. The Morgan fingerprint density at radius 3 is 2.97 bits per heavy atom. The van der Waals surface area contributed by atoms with Gasteiger partial charge >= 0.3 is 0 Å². The van der Waals surface area contributed by atoms with Crippen LogP contribution in [-0.4, -0.2) is 38.0 Å². The van der Waals surface area contributed by atoms with Gasteiger partial charge in [-0.05, 0) is 37.3 Å². The molecule has 0 aromatic carbocycles. The summed E-state index contributed by atoms with van der Waals surface area (Å²) in [6.45, 7) is 5.54. The minimum absolute atomic E-state index is 0.0243. The summed E-state index contributed by atoms with van der Waals surface area (Å²) in [4.78, 5) is 28.5. The first kappa shape index (κ1) is 20.1. The van der Waals surface area contributed by atoms with Gasteiger partial charge in [0.2, 0.25) is 11.9 Å². The molecule has 30 heavy (non-hydrogen) atoms. The van der Waals surface area contributed by atoms with Crippen LogP contribution in [0.2, 0.25) is 0 Å². The molecule has 1 unspecified atom stereocenters. The van der Waals surface area contributed by atoms with Gasteiger partial charge in [0.15, 0.2) is 0 Å². The topological polar surface area (TPSA) is 89.1 Å². The zero-order chi connectivity index (χ0) is 20.9. The van der Waals surface area contributed by atoms with E-state index in [1.54, 1.807) is 18.8 Å². The molecule has 1 aliphatic rings. The molecule has 1 amide bonds. The van der Waals surface area contributed by atoms with Crippen molar-refractivity contribution in [2.45, 2.75) is 58.0 Å². The Balaban J connectivity index is 1.53. The molecular weight excluding hydrogens is 380 g/mol. The van der Waals surface area contributed by atoms with E-state index >= 15 is 0 Å². The molecule has 0 radical (unpaired) electrons. The monoisotopic (exact) mass is 408 g/mol. The molecule has 0 spiro atoms. The Hall–Kier alpha value is -3.16. The fourth-order valence-electron chi connectivity index (χ4n) is 3.77. The van der Waals surface area contributed by atoms with Gasteiger partial charge in [0.25, 0.3) is 0 Å². The number of carbonyl (C=O) groups is 1. The number of aromatic nitrogens is 4. The van der Waals surface area contributed by atoms with Crippen LogP contribution in [0.15, 0.2) is 47.6 Å². The fraction of sp³-hybridized carbons (Fsp3) is 0.455. The Morgan fingerprint density at radius 1 is 1.33 bits per heavy atom. The molecule has 0 aliphatic carbocycles. The van der Waals surface area contributed by atoms with Gasteiger partial charge in [0, 0.05) is 37.5 Å². The molecule has 1 fully saturated rings. The van der Waals surface area contributed by atoms with Crippen LogP contribution in [0.3, 0.4) is 0 Å². The van der Waals surface area contributed by atoms with Crippen molar-refractivity contribution in [3.8, 4) is 5.95 Å². The highest BCUT2D eigenvalue weighted by molar-refractivity contribution is 5.77. The van der Waals surface area contributed by atoms with Crippen molar-refractivity contribution in [2.75, 3.05) is 11.4 Å². The Kier molecular flexibility index (Phi) is 6.11.